The molecule has 6 rings (SSSR count). The van der Waals surface area contributed by atoms with Crippen LogP contribution in [0.5, 0.6) is 0 Å². The molecule has 0 atom stereocenters. The van der Waals surface area contributed by atoms with Gasteiger partial charge in [0.2, 0.25) is 0 Å². The van der Waals surface area contributed by atoms with E-state index in [1.807, 2.05) is 35.8 Å². The van der Waals surface area contributed by atoms with Gasteiger partial charge in [-0.25, -0.2) is 9.78 Å². The highest BCUT2D eigenvalue weighted by Gasteiger charge is 2.25. The van der Waals surface area contributed by atoms with Gasteiger partial charge in [0.1, 0.15) is 12.2 Å². The third-order valence-electron chi connectivity index (χ3n) is 7.44. The minimum atomic E-state index is -0.394. The zero-order valence-corrected chi connectivity index (χ0v) is 21.4. The number of H-pyrrole nitrogens is 1. The maximum atomic E-state index is 13.1. The number of hydrogen-bond acceptors (Lipinski definition) is 6. The lowest BCUT2D eigenvalue weighted by Gasteiger charge is -2.22. The van der Waals surface area contributed by atoms with Crippen LogP contribution in [0.4, 0.5) is 0 Å². The van der Waals surface area contributed by atoms with Gasteiger partial charge in [0.25, 0.3) is 5.56 Å². The molecule has 1 aliphatic rings. The fraction of sp³-hybridized carbons (Fsp3) is 0.357. The Hall–Kier alpha value is -4.34. The molecular weight excluding hydrogens is 480 g/mol. The van der Waals surface area contributed by atoms with E-state index >= 15 is 0 Å². The second-order valence-electron chi connectivity index (χ2n) is 9.94. The van der Waals surface area contributed by atoms with Crippen molar-refractivity contribution >= 4 is 11.2 Å². The molecule has 1 saturated carbocycles. The molecule has 0 radical (unpaired) electrons. The molecule has 10 nitrogen and oxygen atoms in total. The largest absolute Gasteiger partial charge is 0.330 e. The predicted octanol–water partition coefficient (Wildman–Crippen LogP) is 4.04. The Morgan fingerprint density at radius 2 is 1.76 bits per heavy atom. The average Bonchev–Trinajstić information content (AvgIpc) is 3.61. The first kappa shape index (κ1) is 24.0. The van der Waals surface area contributed by atoms with Gasteiger partial charge in [-0.05, 0) is 46.9 Å². The number of imidazole rings is 1. The summed E-state index contributed by atoms with van der Waals surface area (Å²) in [4.78, 5) is 33.2. The first-order valence-corrected chi connectivity index (χ1v) is 13.3. The summed E-state index contributed by atoms with van der Waals surface area (Å²) in [6, 6.07) is 16.3. The number of rotatable bonds is 7. The van der Waals surface area contributed by atoms with Gasteiger partial charge in [0.15, 0.2) is 11.2 Å². The number of aromatic nitrogens is 8. The molecule has 1 N–H and O–H groups in total. The quantitative estimate of drug-likeness (QED) is 0.353. The monoisotopic (exact) mass is 510 g/mol. The molecular formula is C28H30N8O2. The fourth-order valence-corrected chi connectivity index (χ4v) is 5.61. The maximum absolute atomic E-state index is 13.1. The van der Waals surface area contributed by atoms with E-state index in [1.54, 1.807) is 15.6 Å². The van der Waals surface area contributed by atoms with Crippen molar-refractivity contribution in [3.63, 3.8) is 0 Å². The highest BCUT2D eigenvalue weighted by atomic mass is 16.2. The van der Waals surface area contributed by atoms with Crippen LogP contribution in [0.3, 0.4) is 0 Å². The number of hydrogen-bond donors (Lipinski definition) is 1. The van der Waals surface area contributed by atoms with Crippen molar-refractivity contribution in [2.24, 2.45) is 0 Å². The lowest BCUT2D eigenvalue weighted by atomic mass is 9.88. The van der Waals surface area contributed by atoms with Crippen LogP contribution in [-0.4, -0.2) is 39.3 Å². The van der Waals surface area contributed by atoms with E-state index < -0.39 is 5.69 Å². The standard InChI is InChI=1S/C28H30N8O2/c1-2-16-34-26-24(27(37)31-28(34)38)35(25(30-26)21-8-4-3-5-9-21)17-19-12-14-20(15-13-19)22-10-6-7-11-23(22)36-18-29-32-33-36/h6-7,10-15,18,21H,2-5,8-9,16-17H2,1H3,(H,31,37,38). The van der Waals surface area contributed by atoms with Gasteiger partial charge >= 0.3 is 5.69 Å². The van der Waals surface area contributed by atoms with Crippen molar-refractivity contribution in [3.05, 3.63) is 87.1 Å². The van der Waals surface area contributed by atoms with Crippen LogP contribution in [0, 0.1) is 0 Å². The Balaban J connectivity index is 1.41. The molecule has 1 aliphatic carbocycles. The lowest BCUT2D eigenvalue weighted by Crippen LogP contribution is -2.31. The summed E-state index contributed by atoms with van der Waals surface area (Å²) < 4.78 is 5.30. The van der Waals surface area contributed by atoms with Gasteiger partial charge in [0, 0.05) is 24.6 Å². The number of tetrazole rings is 1. The summed E-state index contributed by atoms with van der Waals surface area (Å²) in [6.07, 6.45) is 7.99. The number of nitrogens with one attached hydrogen (secondary N) is 1. The third-order valence-corrected chi connectivity index (χ3v) is 7.44. The first-order valence-electron chi connectivity index (χ1n) is 13.3. The van der Waals surface area contributed by atoms with Crippen molar-refractivity contribution in [2.45, 2.75) is 64.5 Å². The molecule has 1 fully saturated rings. The Bertz CT molecular complexity index is 1670. The smallest absolute Gasteiger partial charge is 0.317 e. The fourth-order valence-electron chi connectivity index (χ4n) is 5.61. The third kappa shape index (κ3) is 4.36. The summed E-state index contributed by atoms with van der Waals surface area (Å²) in [7, 11) is 0. The van der Waals surface area contributed by atoms with E-state index in [9.17, 15) is 9.59 Å². The van der Waals surface area contributed by atoms with Gasteiger partial charge in [-0.3, -0.25) is 14.3 Å². The van der Waals surface area contributed by atoms with Gasteiger partial charge in [0.05, 0.1) is 5.69 Å². The summed E-state index contributed by atoms with van der Waals surface area (Å²) >= 11 is 0. The first-order chi connectivity index (χ1) is 18.6. The second kappa shape index (κ2) is 10.2. The number of nitrogens with zero attached hydrogens (tertiary/aromatic N) is 7. The van der Waals surface area contributed by atoms with Crippen LogP contribution >= 0.6 is 0 Å². The van der Waals surface area contributed by atoms with E-state index in [2.05, 4.69) is 44.8 Å². The molecule has 0 unspecified atom stereocenters. The van der Waals surface area contributed by atoms with Crippen LogP contribution in [0.25, 0.3) is 28.0 Å². The summed E-state index contributed by atoms with van der Waals surface area (Å²) in [6.45, 7) is 3.04. The lowest BCUT2D eigenvalue weighted by molar-refractivity contribution is 0.420. The Morgan fingerprint density at radius 1 is 0.974 bits per heavy atom. The van der Waals surface area contributed by atoms with E-state index in [0.717, 1.165) is 60.3 Å². The zero-order chi connectivity index (χ0) is 26.1. The zero-order valence-electron chi connectivity index (χ0n) is 21.4. The van der Waals surface area contributed by atoms with Crippen LogP contribution in [0.15, 0.2) is 64.4 Å². The molecule has 38 heavy (non-hydrogen) atoms. The minimum Gasteiger partial charge on any atom is -0.317 e. The number of aryl methyl sites for hydroxylation is 1. The SMILES string of the molecule is CCCn1c(=O)[nH]c(=O)c2c1nc(C1CCCCC1)n2Cc1ccc(-c2ccccc2-n2cnnn2)cc1. The van der Waals surface area contributed by atoms with Crippen molar-refractivity contribution in [1.29, 1.82) is 0 Å². The molecule has 2 aromatic carbocycles. The van der Waals surface area contributed by atoms with Crippen molar-refractivity contribution in [2.75, 3.05) is 0 Å². The Kier molecular flexibility index (Phi) is 6.45. The topological polar surface area (TPSA) is 116 Å². The molecule has 10 heteroatoms. The van der Waals surface area contributed by atoms with E-state index in [0.29, 0.717) is 24.3 Å². The van der Waals surface area contributed by atoms with Crippen molar-refractivity contribution in [3.8, 4) is 16.8 Å². The Morgan fingerprint density at radius 3 is 2.50 bits per heavy atom. The molecule has 0 amide bonds. The maximum Gasteiger partial charge on any atom is 0.330 e. The van der Waals surface area contributed by atoms with Gasteiger partial charge in [-0.1, -0.05) is 68.7 Å². The van der Waals surface area contributed by atoms with Gasteiger partial charge < -0.3 is 4.57 Å². The molecule has 0 bridgehead atoms. The number of aromatic amines is 1. The molecule has 0 aliphatic heterocycles. The molecule has 194 valence electrons. The summed E-state index contributed by atoms with van der Waals surface area (Å²) in [5.41, 5.74) is 4.21. The molecule has 0 spiro atoms. The normalized spacial score (nSPS) is 14.3. The highest BCUT2D eigenvalue weighted by molar-refractivity contribution is 5.73. The van der Waals surface area contributed by atoms with Gasteiger partial charge in [-0.15, -0.1) is 5.10 Å². The molecule has 0 saturated heterocycles. The second-order valence-corrected chi connectivity index (χ2v) is 9.94. The Labute approximate surface area is 219 Å². The number of fused-ring (bicyclic) bond motifs is 1. The summed E-state index contributed by atoms with van der Waals surface area (Å²) in [5.74, 6) is 1.19. The average molecular weight is 511 g/mol. The van der Waals surface area contributed by atoms with Crippen LogP contribution in [0.1, 0.15) is 62.8 Å². The van der Waals surface area contributed by atoms with Crippen LogP contribution in [-0.2, 0) is 13.1 Å². The van der Waals surface area contributed by atoms with Crippen molar-refractivity contribution in [1.82, 2.24) is 39.3 Å². The number of benzene rings is 2. The van der Waals surface area contributed by atoms with E-state index in [4.69, 9.17) is 4.98 Å². The van der Waals surface area contributed by atoms with Crippen LogP contribution < -0.4 is 11.2 Å². The number of para-hydroxylation sites is 1. The molecule has 3 aromatic heterocycles. The van der Waals surface area contributed by atoms with Crippen molar-refractivity contribution < 1.29 is 0 Å². The molecule has 5 aromatic rings. The van der Waals surface area contributed by atoms with E-state index in [-0.39, 0.29) is 11.5 Å². The van der Waals surface area contributed by atoms with Crippen LogP contribution in [0.2, 0.25) is 0 Å². The van der Waals surface area contributed by atoms with E-state index in [1.165, 1.54) is 6.42 Å². The predicted molar refractivity (Wildman–Crippen MR) is 144 cm³/mol. The molecule has 3 heterocycles. The van der Waals surface area contributed by atoms with Gasteiger partial charge in [-0.2, -0.15) is 4.68 Å². The minimum absolute atomic E-state index is 0.281. The highest BCUT2D eigenvalue weighted by Crippen LogP contribution is 2.34. The summed E-state index contributed by atoms with van der Waals surface area (Å²) in [5, 5.41) is 11.6.